The maximum absolute atomic E-state index is 12.3. The molecule has 25 heavy (non-hydrogen) atoms. The van der Waals surface area contributed by atoms with Crippen LogP contribution >= 0.6 is 23.1 Å². The predicted molar refractivity (Wildman–Crippen MR) is 97.2 cm³/mol. The largest absolute Gasteiger partial charge is 0.477 e. The second-order valence-corrected chi connectivity index (χ2v) is 7.93. The standard InChI is InChI=1S/C17H11N3O3S2/c1-8-2-3-11-13(4-8)25-17-18-9(6-19(11)17)5-10-14(21)20-12(16(22)23)7-24-15(10)20/h2-7,15H,1H3,(H,22,23). The maximum atomic E-state index is 12.3. The number of hydrogen-bond acceptors (Lipinski definition) is 5. The van der Waals surface area contributed by atoms with Gasteiger partial charge in [-0.05, 0) is 30.7 Å². The number of carbonyl (C=O) groups is 2. The van der Waals surface area contributed by atoms with Gasteiger partial charge in [0, 0.05) is 11.6 Å². The highest BCUT2D eigenvalue weighted by atomic mass is 32.2. The van der Waals surface area contributed by atoms with Crippen LogP contribution in [-0.4, -0.2) is 36.6 Å². The number of aromatic nitrogens is 2. The molecule has 5 rings (SSSR count). The van der Waals surface area contributed by atoms with E-state index in [0.717, 1.165) is 10.5 Å². The molecule has 2 aromatic heterocycles. The van der Waals surface area contributed by atoms with Crippen molar-refractivity contribution in [3.63, 3.8) is 0 Å². The van der Waals surface area contributed by atoms with E-state index in [-0.39, 0.29) is 17.0 Å². The van der Waals surface area contributed by atoms with Gasteiger partial charge < -0.3 is 5.11 Å². The molecule has 1 N–H and O–H groups in total. The number of aryl methyl sites for hydroxylation is 1. The van der Waals surface area contributed by atoms with Crippen LogP contribution in [0.5, 0.6) is 0 Å². The second kappa shape index (κ2) is 4.96. The van der Waals surface area contributed by atoms with Gasteiger partial charge in [0.05, 0.1) is 21.5 Å². The number of thioether (sulfide) groups is 1. The lowest BCUT2D eigenvalue weighted by Gasteiger charge is -2.36. The molecular formula is C17H11N3O3S2. The van der Waals surface area contributed by atoms with E-state index >= 15 is 0 Å². The summed E-state index contributed by atoms with van der Waals surface area (Å²) in [6.45, 7) is 2.06. The second-order valence-electron chi connectivity index (χ2n) is 5.96. The van der Waals surface area contributed by atoms with Crippen molar-refractivity contribution in [2.24, 2.45) is 0 Å². The number of β-lactam (4-membered cyclic amide) rings is 1. The lowest BCUT2D eigenvalue weighted by atomic mass is 10.0. The highest BCUT2D eigenvalue weighted by Crippen LogP contribution is 2.45. The molecule has 8 heteroatoms. The fourth-order valence-corrected chi connectivity index (χ4v) is 5.35. The molecule has 0 aliphatic carbocycles. The summed E-state index contributed by atoms with van der Waals surface area (Å²) in [5, 5.41) is 10.4. The number of aliphatic carboxylic acids is 1. The molecule has 6 nitrogen and oxygen atoms in total. The molecule has 2 aliphatic heterocycles. The van der Waals surface area contributed by atoms with Gasteiger partial charge in [-0.3, -0.25) is 14.1 Å². The van der Waals surface area contributed by atoms with Crippen molar-refractivity contribution < 1.29 is 14.7 Å². The van der Waals surface area contributed by atoms with Crippen LogP contribution in [0.3, 0.4) is 0 Å². The fourth-order valence-electron chi connectivity index (χ4n) is 3.12. The summed E-state index contributed by atoms with van der Waals surface area (Å²) in [5.41, 5.74) is 3.64. The number of carboxylic acids is 1. The Kier molecular flexibility index (Phi) is 2.93. The van der Waals surface area contributed by atoms with Crippen molar-refractivity contribution in [1.29, 1.82) is 0 Å². The Hall–Kier alpha value is -2.58. The number of amides is 1. The summed E-state index contributed by atoms with van der Waals surface area (Å²) in [6, 6.07) is 6.27. The zero-order valence-corrected chi connectivity index (χ0v) is 14.6. The van der Waals surface area contributed by atoms with Gasteiger partial charge in [0.15, 0.2) is 4.96 Å². The first-order valence-corrected chi connectivity index (χ1v) is 9.31. The first kappa shape index (κ1) is 14.7. The number of benzene rings is 1. The van der Waals surface area contributed by atoms with Gasteiger partial charge in [-0.25, -0.2) is 9.78 Å². The van der Waals surface area contributed by atoms with Crippen LogP contribution in [0.25, 0.3) is 21.3 Å². The number of rotatable bonds is 2. The van der Waals surface area contributed by atoms with E-state index in [9.17, 15) is 9.59 Å². The number of thiazole rings is 1. The van der Waals surface area contributed by atoms with E-state index in [2.05, 4.69) is 30.1 Å². The molecule has 1 fully saturated rings. The quantitative estimate of drug-likeness (QED) is 0.555. The Labute approximate surface area is 150 Å². The van der Waals surface area contributed by atoms with Gasteiger partial charge >= 0.3 is 5.97 Å². The number of carboxylic acid groups (broad SMARTS) is 1. The van der Waals surface area contributed by atoms with Crippen molar-refractivity contribution in [2.75, 3.05) is 0 Å². The molecule has 0 saturated carbocycles. The Bertz CT molecular complexity index is 1150. The van der Waals surface area contributed by atoms with Gasteiger partial charge in [0.1, 0.15) is 11.1 Å². The van der Waals surface area contributed by atoms with Crippen LogP contribution < -0.4 is 0 Å². The highest BCUT2D eigenvalue weighted by Gasteiger charge is 2.49. The van der Waals surface area contributed by atoms with Crippen molar-refractivity contribution in [3.8, 4) is 0 Å². The Morgan fingerprint density at radius 2 is 2.24 bits per heavy atom. The van der Waals surface area contributed by atoms with E-state index in [1.165, 1.54) is 32.3 Å². The molecule has 0 radical (unpaired) electrons. The summed E-state index contributed by atoms with van der Waals surface area (Å²) in [5.74, 6) is -1.34. The van der Waals surface area contributed by atoms with E-state index in [0.29, 0.717) is 11.3 Å². The molecule has 124 valence electrons. The van der Waals surface area contributed by atoms with Crippen LogP contribution in [-0.2, 0) is 9.59 Å². The first-order chi connectivity index (χ1) is 12.0. The minimum atomic E-state index is -1.08. The van der Waals surface area contributed by atoms with Gasteiger partial charge in [0.25, 0.3) is 5.91 Å². The summed E-state index contributed by atoms with van der Waals surface area (Å²) in [7, 11) is 0. The molecule has 1 unspecified atom stereocenters. The monoisotopic (exact) mass is 369 g/mol. The zero-order chi connectivity index (χ0) is 17.3. The summed E-state index contributed by atoms with van der Waals surface area (Å²) >= 11 is 2.94. The molecule has 2 aliphatic rings. The third kappa shape index (κ3) is 2.01. The van der Waals surface area contributed by atoms with Gasteiger partial charge in [-0.2, -0.15) is 0 Å². The summed E-state index contributed by atoms with van der Waals surface area (Å²) in [4.78, 5) is 30.2. The van der Waals surface area contributed by atoms with E-state index in [1.807, 2.05) is 10.6 Å². The molecule has 0 spiro atoms. The molecule has 4 heterocycles. The Balaban J connectivity index is 1.52. The summed E-state index contributed by atoms with van der Waals surface area (Å²) in [6.07, 6.45) is 3.67. The normalized spacial score (nSPS) is 21.1. The molecule has 1 atom stereocenters. The number of nitrogens with zero attached hydrogens (tertiary/aromatic N) is 3. The van der Waals surface area contributed by atoms with Crippen LogP contribution in [0.15, 0.2) is 41.1 Å². The number of imidazole rings is 1. The Morgan fingerprint density at radius 1 is 1.40 bits per heavy atom. The minimum Gasteiger partial charge on any atom is -0.477 e. The van der Waals surface area contributed by atoms with Crippen molar-refractivity contribution in [1.82, 2.24) is 14.3 Å². The number of fused-ring (bicyclic) bond motifs is 4. The van der Waals surface area contributed by atoms with Gasteiger partial charge in [-0.15, -0.1) is 11.8 Å². The van der Waals surface area contributed by atoms with E-state index < -0.39 is 5.97 Å². The lowest BCUT2D eigenvalue weighted by Crippen LogP contribution is -2.51. The topological polar surface area (TPSA) is 74.9 Å². The van der Waals surface area contributed by atoms with Crippen LogP contribution in [0.1, 0.15) is 11.3 Å². The van der Waals surface area contributed by atoms with Crippen LogP contribution in [0, 0.1) is 6.92 Å². The van der Waals surface area contributed by atoms with Gasteiger partial charge in [-0.1, -0.05) is 17.4 Å². The van der Waals surface area contributed by atoms with E-state index in [1.54, 1.807) is 17.4 Å². The molecule has 1 amide bonds. The average Bonchev–Trinajstić information content (AvgIpc) is 3.22. The third-order valence-electron chi connectivity index (χ3n) is 4.33. The lowest BCUT2D eigenvalue weighted by molar-refractivity contribution is -0.141. The molecule has 3 aromatic rings. The first-order valence-electron chi connectivity index (χ1n) is 7.55. The maximum Gasteiger partial charge on any atom is 0.353 e. The van der Waals surface area contributed by atoms with E-state index in [4.69, 9.17) is 5.11 Å². The van der Waals surface area contributed by atoms with Crippen molar-refractivity contribution >= 4 is 56.2 Å². The molecule has 1 saturated heterocycles. The molecular weight excluding hydrogens is 358 g/mol. The average molecular weight is 369 g/mol. The fraction of sp³-hybridized carbons (Fsp3) is 0.118. The van der Waals surface area contributed by atoms with Crippen LogP contribution in [0.4, 0.5) is 0 Å². The zero-order valence-electron chi connectivity index (χ0n) is 13.0. The van der Waals surface area contributed by atoms with Crippen LogP contribution in [0.2, 0.25) is 0 Å². The highest BCUT2D eigenvalue weighted by molar-refractivity contribution is 8.03. The molecule has 1 aromatic carbocycles. The Morgan fingerprint density at radius 3 is 3.04 bits per heavy atom. The molecule has 0 bridgehead atoms. The van der Waals surface area contributed by atoms with Crippen molar-refractivity contribution in [2.45, 2.75) is 12.3 Å². The summed E-state index contributed by atoms with van der Waals surface area (Å²) < 4.78 is 3.20. The minimum absolute atomic E-state index is 0.0457. The smallest absolute Gasteiger partial charge is 0.353 e. The van der Waals surface area contributed by atoms with Gasteiger partial charge in [0.2, 0.25) is 0 Å². The third-order valence-corrected chi connectivity index (χ3v) is 6.42. The predicted octanol–water partition coefficient (Wildman–Crippen LogP) is 3.08. The number of hydrogen-bond donors (Lipinski definition) is 1. The number of carbonyl (C=O) groups excluding carboxylic acids is 1. The van der Waals surface area contributed by atoms with Crippen molar-refractivity contribution in [3.05, 3.63) is 52.3 Å². The SMILES string of the molecule is Cc1ccc2c(c1)sc1nc(C=C3C(=O)N4C(C(=O)O)=CSC34)cn12.